The lowest BCUT2D eigenvalue weighted by atomic mass is 9.80. The summed E-state index contributed by atoms with van der Waals surface area (Å²) in [6.45, 7) is 0.0836. The van der Waals surface area contributed by atoms with Crippen LogP contribution < -0.4 is 5.32 Å². The summed E-state index contributed by atoms with van der Waals surface area (Å²) in [5.74, 6) is -6.40. The molecule has 100 valence electrons. The number of methoxy groups -OCH3 is 1. The molecule has 1 fully saturated rings. The fourth-order valence-electron chi connectivity index (χ4n) is 1.92. The van der Waals surface area contributed by atoms with Gasteiger partial charge >= 0.3 is 0 Å². The molecule has 7 heteroatoms. The average Bonchev–Trinajstić information content (AvgIpc) is 2.29. The number of pyridine rings is 1. The highest BCUT2D eigenvalue weighted by Gasteiger charge is 2.37. The van der Waals surface area contributed by atoms with E-state index in [0.717, 1.165) is 19.3 Å². The number of halogens is 4. The fourth-order valence-corrected chi connectivity index (χ4v) is 1.92. The van der Waals surface area contributed by atoms with Crippen molar-refractivity contribution in [2.45, 2.75) is 24.9 Å². The van der Waals surface area contributed by atoms with Crippen LogP contribution in [0.15, 0.2) is 0 Å². The van der Waals surface area contributed by atoms with Crippen LogP contribution in [-0.4, -0.2) is 24.2 Å². The Balaban J connectivity index is 2.19. The number of rotatable bonds is 4. The van der Waals surface area contributed by atoms with Crippen LogP contribution in [0, 0.1) is 23.5 Å². The van der Waals surface area contributed by atoms with Gasteiger partial charge in [-0.1, -0.05) is 0 Å². The zero-order valence-electron chi connectivity index (χ0n) is 9.70. The SMILES string of the molecule is COC1(CNc2c(F)c(F)nc(F)c2F)CCC1. The van der Waals surface area contributed by atoms with Crippen LogP contribution in [0.4, 0.5) is 23.2 Å². The zero-order valence-corrected chi connectivity index (χ0v) is 9.70. The Morgan fingerprint density at radius 3 is 2.11 bits per heavy atom. The lowest BCUT2D eigenvalue weighted by Crippen LogP contribution is -2.45. The van der Waals surface area contributed by atoms with Crippen LogP contribution in [0.5, 0.6) is 0 Å². The molecule has 0 saturated heterocycles. The predicted octanol–water partition coefficient (Wildman–Crippen LogP) is 2.62. The second-order valence-corrected chi connectivity index (χ2v) is 4.29. The van der Waals surface area contributed by atoms with Gasteiger partial charge in [-0.25, -0.2) is 0 Å². The van der Waals surface area contributed by atoms with Crippen LogP contribution in [0.2, 0.25) is 0 Å². The molecule has 1 aliphatic carbocycles. The van der Waals surface area contributed by atoms with Crippen molar-refractivity contribution in [2.75, 3.05) is 19.0 Å². The van der Waals surface area contributed by atoms with Gasteiger partial charge in [0.1, 0.15) is 5.69 Å². The van der Waals surface area contributed by atoms with E-state index in [4.69, 9.17) is 4.74 Å². The van der Waals surface area contributed by atoms with E-state index in [2.05, 4.69) is 10.3 Å². The molecule has 3 nitrogen and oxygen atoms in total. The Morgan fingerprint density at radius 2 is 1.72 bits per heavy atom. The first-order valence-electron chi connectivity index (χ1n) is 5.48. The molecule has 0 aromatic carbocycles. The van der Waals surface area contributed by atoms with Gasteiger partial charge in [-0.3, -0.25) is 0 Å². The van der Waals surface area contributed by atoms with E-state index in [1.54, 1.807) is 0 Å². The third-order valence-electron chi connectivity index (χ3n) is 3.28. The molecule has 0 atom stereocenters. The summed E-state index contributed by atoms with van der Waals surface area (Å²) < 4.78 is 57.5. The highest BCUT2D eigenvalue weighted by Crippen LogP contribution is 2.35. The molecule has 0 bridgehead atoms. The normalized spacial score (nSPS) is 17.4. The Kier molecular flexibility index (Phi) is 3.43. The molecular weight excluding hydrogens is 252 g/mol. The molecule has 0 radical (unpaired) electrons. The second kappa shape index (κ2) is 4.72. The van der Waals surface area contributed by atoms with Crippen molar-refractivity contribution in [3.63, 3.8) is 0 Å². The van der Waals surface area contributed by atoms with Gasteiger partial charge in [0, 0.05) is 13.7 Å². The summed E-state index contributed by atoms with van der Waals surface area (Å²) in [6.07, 6.45) is 2.41. The van der Waals surface area contributed by atoms with Gasteiger partial charge in [-0.15, -0.1) is 0 Å². The van der Waals surface area contributed by atoms with E-state index in [-0.39, 0.29) is 6.54 Å². The van der Waals surface area contributed by atoms with Crippen molar-refractivity contribution in [2.24, 2.45) is 0 Å². The number of nitrogens with one attached hydrogen (secondary N) is 1. The van der Waals surface area contributed by atoms with Crippen molar-refractivity contribution in [3.8, 4) is 0 Å². The molecule has 18 heavy (non-hydrogen) atoms. The van der Waals surface area contributed by atoms with Crippen LogP contribution in [0.3, 0.4) is 0 Å². The predicted molar refractivity (Wildman–Crippen MR) is 56.1 cm³/mol. The minimum Gasteiger partial charge on any atom is -0.377 e. The number of nitrogens with zero attached hydrogens (tertiary/aromatic N) is 1. The van der Waals surface area contributed by atoms with Crippen LogP contribution >= 0.6 is 0 Å². The molecule has 1 aliphatic rings. The quantitative estimate of drug-likeness (QED) is 0.670. The Bertz CT molecular complexity index is 431. The van der Waals surface area contributed by atoms with Crippen LogP contribution in [0.1, 0.15) is 19.3 Å². The van der Waals surface area contributed by atoms with E-state index >= 15 is 0 Å². The first-order chi connectivity index (χ1) is 8.49. The number of anilines is 1. The monoisotopic (exact) mass is 264 g/mol. The molecule has 1 aromatic rings. The topological polar surface area (TPSA) is 34.1 Å². The first kappa shape index (κ1) is 13.1. The Labute approximate surface area is 101 Å². The molecule has 0 spiro atoms. The van der Waals surface area contributed by atoms with E-state index in [9.17, 15) is 17.6 Å². The Morgan fingerprint density at radius 1 is 1.17 bits per heavy atom. The molecule has 1 saturated carbocycles. The molecule has 0 unspecified atom stereocenters. The standard InChI is InChI=1S/C11H12F4N2O/c1-18-11(3-2-4-11)5-16-8-6(12)9(14)17-10(15)7(8)13/h2-5H2,1H3,(H,16,17). The first-order valence-corrected chi connectivity index (χ1v) is 5.48. The molecular formula is C11H12F4N2O. The minimum atomic E-state index is -1.67. The molecule has 2 rings (SSSR count). The van der Waals surface area contributed by atoms with Gasteiger partial charge in [-0.2, -0.15) is 22.5 Å². The smallest absolute Gasteiger partial charge is 0.253 e. The third-order valence-corrected chi connectivity index (χ3v) is 3.28. The number of hydrogen-bond acceptors (Lipinski definition) is 3. The average molecular weight is 264 g/mol. The van der Waals surface area contributed by atoms with Gasteiger partial charge in [0.05, 0.1) is 5.60 Å². The van der Waals surface area contributed by atoms with E-state index in [0.29, 0.717) is 0 Å². The maximum atomic E-state index is 13.3. The van der Waals surface area contributed by atoms with Gasteiger partial charge < -0.3 is 10.1 Å². The van der Waals surface area contributed by atoms with Gasteiger partial charge in [0.25, 0.3) is 11.9 Å². The van der Waals surface area contributed by atoms with Gasteiger partial charge in [-0.05, 0) is 19.3 Å². The highest BCUT2D eigenvalue weighted by molar-refractivity contribution is 5.45. The molecule has 0 aliphatic heterocycles. The summed E-state index contributed by atoms with van der Waals surface area (Å²) in [6, 6.07) is 0. The van der Waals surface area contributed by atoms with Crippen LogP contribution in [0.25, 0.3) is 0 Å². The number of hydrogen-bond donors (Lipinski definition) is 1. The zero-order chi connectivity index (χ0) is 13.3. The van der Waals surface area contributed by atoms with Crippen molar-refractivity contribution in [1.82, 2.24) is 4.98 Å². The molecule has 1 aromatic heterocycles. The summed E-state index contributed by atoms with van der Waals surface area (Å²) in [5, 5.41) is 2.36. The molecule has 1 N–H and O–H groups in total. The number of aromatic nitrogens is 1. The minimum absolute atomic E-state index is 0.0836. The fraction of sp³-hybridized carbons (Fsp3) is 0.545. The summed E-state index contributed by atoms with van der Waals surface area (Å²) in [5.41, 5.74) is -1.36. The summed E-state index contributed by atoms with van der Waals surface area (Å²) in [7, 11) is 1.49. The van der Waals surface area contributed by atoms with Crippen molar-refractivity contribution >= 4 is 5.69 Å². The maximum absolute atomic E-state index is 13.3. The molecule has 1 heterocycles. The van der Waals surface area contributed by atoms with Crippen LogP contribution in [-0.2, 0) is 4.74 Å². The van der Waals surface area contributed by atoms with Crippen molar-refractivity contribution < 1.29 is 22.3 Å². The van der Waals surface area contributed by atoms with E-state index < -0.39 is 34.8 Å². The number of ether oxygens (including phenoxy) is 1. The maximum Gasteiger partial charge on any atom is 0.253 e. The van der Waals surface area contributed by atoms with Crippen molar-refractivity contribution in [1.29, 1.82) is 0 Å². The Hall–Kier alpha value is -1.37. The lowest BCUT2D eigenvalue weighted by molar-refractivity contribution is -0.0602. The molecule has 0 amide bonds. The second-order valence-electron chi connectivity index (χ2n) is 4.29. The summed E-state index contributed by atoms with van der Waals surface area (Å²) in [4.78, 5) is 2.48. The van der Waals surface area contributed by atoms with E-state index in [1.807, 2.05) is 0 Å². The highest BCUT2D eigenvalue weighted by atomic mass is 19.2. The van der Waals surface area contributed by atoms with E-state index in [1.165, 1.54) is 7.11 Å². The third kappa shape index (κ3) is 2.14. The summed E-state index contributed by atoms with van der Waals surface area (Å²) >= 11 is 0. The lowest BCUT2D eigenvalue weighted by Gasteiger charge is -2.40. The van der Waals surface area contributed by atoms with Gasteiger partial charge in [0.15, 0.2) is 0 Å². The largest absolute Gasteiger partial charge is 0.377 e. The van der Waals surface area contributed by atoms with Crippen molar-refractivity contribution in [3.05, 3.63) is 23.5 Å². The van der Waals surface area contributed by atoms with Gasteiger partial charge in [0.2, 0.25) is 11.6 Å².